The van der Waals surface area contributed by atoms with Crippen molar-refractivity contribution in [3.05, 3.63) is 35.1 Å². The van der Waals surface area contributed by atoms with Crippen LogP contribution in [0.15, 0.2) is 18.2 Å². The van der Waals surface area contributed by atoms with E-state index in [1.54, 1.807) is 12.1 Å². The zero-order valence-electron chi connectivity index (χ0n) is 7.76. The van der Waals surface area contributed by atoms with E-state index in [2.05, 4.69) is 0 Å². The zero-order chi connectivity index (χ0) is 10.2. The van der Waals surface area contributed by atoms with Gasteiger partial charge in [-0.2, -0.15) is 5.26 Å². The predicted octanol–water partition coefficient (Wildman–Crippen LogP) is 1.69. The highest BCUT2D eigenvalue weighted by atomic mass is 19.1. The van der Waals surface area contributed by atoms with E-state index in [4.69, 9.17) is 11.0 Å². The van der Waals surface area contributed by atoms with Crippen LogP contribution in [0.2, 0.25) is 0 Å². The summed E-state index contributed by atoms with van der Waals surface area (Å²) in [4.78, 5) is 0. The summed E-state index contributed by atoms with van der Waals surface area (Å²) in [5.74, 6) is -0.455. The fourth-order valence-electron chi connectivity index (χ4n) is 1.70. The van der Waals surface area contributed by atoms with Gasteiger partial charge in [-0.25, -0.2) is 4.39 Å². The molecule has 1 fully saturated rings. The molecule has 0 unspecified atom stereocenters. The molecular weight excluding hydrogens is 179 g/mol. The van der Waals surface area contributed by atoms with Gasteiger partial charge in [-0.05, 0) is 30.5 Å². The van der Waals surface area contributed by atoms with Crippen LogP contribution in [0.3, 0.4) is 0 Å². The maximum atomic E-state index is 13.0. The molecule has 2 N–H and O–H groups in total. The molecule has 0 aliphatic heterocycles. The Morgan fingerprint density at radius 3 is 2.71 bits per heavy atom. The van der Waals surface area contributed by atoms with Crippen molar-refractivity contribution in [1.29, 1.82) is 5.26 Å². The van der Waals surface area contributed by atoms with Crippen LogP contribution >= 0.6 is 0 Å². The lowest BCUT2D eigenvalue weighted by molar-refractivity contribution is 0.619. The van der Waals surface area contributed by atoms with Crippen molar-refractivity contribution in [2.75, 3.05) is 6.54 Å². The molecule has 0 spiro atoms. The molecule has 1 aromatic rings. The molecule has 0 aromatic heterocycles. The van der Waals surface area contributed by atoms with Gasteiger partial charge in [0, 0.05) is 12.0 Å². The molecule has 3 heteroatoms. The summed E-state index contributed by atoms with van der Waals surface area (Å²) in [7, 11) is 0. The molecule has 1 aromatic carbocycles. The van der Waals surface area contributed by atoms with Crippen LogP contribution in [-0.4, -0.2) is 6.54 Å². The molecule has 0 heterocycles. The maximum absolute atomic E-state index is 13.0. The topological polar surface area (TPSA) is 49.8 Å². The third-order valence-corrected chi connectivity index (χ3v) is 2.94. The number of halogens is 1. The normalized spacial score (nSPS) is 17.5. The van der Waals surface area contributed by atoms with Crippen LogP contribution in [0.5, 0.6) is 0 Å². The van der Waals surface area contributed by atoms with Crippen LogP contribution in [0.25, 0.3) is 0 Å². The Morgan fingerprint density at radius 1 is 1.50 bits per heavy atom. The zero-order valence-corrected chi connectivity index (χ0v) is 7.76. The molecule has 1 saturated carbocycles. The highest BCUT2D eigenvalue weighted by Crippen LogP contribution is 2.47. The summed E-state index contributed by atoms with van der Waals surface area (Å²) in [5, 5.41) is 8.68. The number of hydrogen-bond donors (Lipinski definition) is 1. The van der Waals surface area contributed by atoms with Crippen molar-refractivity contribution in [3.8, 4) is 6.07 Å². The SMILES string of the molecule is N#Cc1cc(C2(CN)CC2)ccc1F. The van der Waals surface area contributed by atoms with E-state index in [1.807, 2.05) is 6.07 Å². The third kappa shape index (κ3) is 1.28. The fourth-order valence-corrected chi connectivity index (χ4v) is 1.70. The Bertz CT molecular complexity index is 402. The van der Waals surface area contributed by atoms with Gasteiger partial charge in [0.25, 0.3) is 0 Å². The van der Waals surface area contributed by atoms with Crippen LogP contribution in [0.1, 0.15) is 24.0 Å². The van der Waals surface area contributed by atoms with Gasteiger partial charge < -0.3 is 5.73 Å². The minimum Gasteiger partial charge on any atom is -0.330 e. The molecular formula is C11H11FN2. The van der Waals surface area contributed by atoms with E-state index >= 15 is 0 Å². The van der Waals surface area contributed by atoms with Gasteiger partial charge in [0.1, 0.15) is 11.9 Å². The predicted molar refractivity (Wildman–Crippen MR) is 51.1 cm³/mol. The van der Waals surface area contributed by atoms with Gasteiger partial charge in [0.2, 0.25) is 0 Å². The van der Waals surface area contributed by atoms with Gasteiger partial charge in [-0.15, -0.1) is 0 Å². The summed E-state index contributed by atoms with van der Waals surface area (Å²) in [6, 6.07) is 6.55. The number of nitriles is 1. The van der Waals surface area contributed by atoms with Crippen molar-refractivity contribution in [2.24, 2.45) is 5.73 Å². The molecule has 0 radical (unpaired) electrons. The van der Waals surface area contributed by atoms with Crippen molar-refractivity contribution in [2.45, 2.75) is 18.3 Å². The number of rotatable bonds is 2. The van der Waals surface area contributed by atoms with Gasteiger partial charge >= 0.3 is 0 Å². The lowest BCUT2D eigenvalue weighted by Crippen LogP contribution is -2.19. The summed E-state index contributed by atoms with van der Waals surface area (Å²) in [6.07, 6.45) is 2.08. The summed E-state index contributed by atoms with van der Waals surface area (Å²) in [5.41, 5.74) is 6.79. The number of nitrogens with two attached hydrogens (primary N) is 1. The highest BCUT2D eigenvalue weighted by molar-refractivity contribution is 5.40. The van der Waals surface area contributed by atoms with Crippen LogP contribution in [0, 0.1) is 17.1 Å². The van der Waals surface area contributed by atoms with Gasteiger partial charge in [0.05, 0.1) is 5.56 Å². The number of benzene rings is 1. The van der Waals surface area contributed by atoms with E-state index in [9.17, 15) is 4.39 Å². The van der Waals surface area contributed by atoms with Gasteiger partial charge in [0.15, 0.2) is 0 Å². The Kier molecular flexibility index (Phi) is 2.01. The smallest absolute Gasteiger partial charge is 0.140 e. The Morgan fingerprint density at radius 2 is 2.21 bits per heavy atom. The molecule has 72 valence electrons. The molecule has 0 amide bonds. The second kappa shape index (κ2) is 3.07. The monoisotopic (exact) mass is 190 g/mol. The average molecular weight is 190 g/mol. The fraction of sp³-hybridized carbons (Fsp3) is 0.364. The van der Waals surface area contributed by atoms with Crippen LogP contribution in [-0.2, 0) is 5.41 Å². The maximum Gasteiger partial charge on any atom is 0.140 e. The molecule has 0 saturated heterocycles. The second-order valence-electron chi connectivity index (χ2n) is 3.79. The van der Waals surface area contributed by atoms with E-state index in [1.165, 1.54) is 6.07 Å². The van der Waals surface area contributed by atoms with Crippen molar-refractivity contribution >= 4 is 0 Å². The first-order chi connectivity index (χ1) is 6.72. The Balaban J connectivity index is 2.42. The Hall–Kier alpha value is -1.40. The lowest BCUT2D eigenvalue weighted by atomic mass is 9.94. The summed E-state index contributed by atoms with van der Waals surface area (Å²) in [6.45, 7) is 0.573. The quantitative estimate of drug-likeness (QED) is 0.771. The molecule has 1 aliphatic carbocycles. The molecule has 14 heavy (non-hydrogen) atoms. The largest absolute Gasteiger partial charge is 0.330 e. The van der Waals surface area contributed by atoms with Crippen molar-refractivity contribution in [3.63, 3.8) is 0 Å². The molecule has 0 bridgehead atoms. The lowest BCUT2D eigenvalue weighted by Gasteiger charge is -2.12. The van der Waals surface area contributed by atoms with E-state index < -0.39 is 5.82 Å². The molecule has 1 aliphatic rings. The van der Waals surface area contributed by atoms with Crippen molar-refractivity contribution < 1.29 is 4.39 Å². The summed E-state index contributed by atoms with van der Waals surface area (Å²) >= 11 is 0. The van der Waals surface area contributed by atoms with E-state index in [0.29, 0.717) is 6.54 Å². The van der Waals surface area contributed by atoms with E-state index in [-0.39, 0.29) is 11.0 Å². The van der Waals surface area contributed by atoms with E-state index in [0.717, 1.165) is 18.4 Å². The van der Waals surface area contributed by atoms with Crippen molar-refractivity contribution in [1.82, 2.24) is 0 Å². The Labute approximate surface area is 82.1 Å². The molecule has 2 rings (SSSR count). The van der Waals surface area contributed by atoms with Gasteiger partial charge in [-0.1, -0.05) is 6.07 Å². The third-order valence-electron chi connectivity index (χ3n) is 2.94. The first kappa shape index (κ1) is 9.17. The molecule has 2 nitrogen and oxygen atoms in total. The van der Waals surface area contributed by atoms with Crippen LogP contribution < -0.4 is 5.73 Å². The first-order valence-corrected chi connectivity index (χ1v) is 4.62. The average Bonchev–Trinajstić information content (AvgIpc) is 2.99. The second-order valence-corrected chi connectivity index (χ2v) is 3.79. The van der Waals surface area contributed by atoms with Gasteiger partial charge in [-0.3, -0.25) is 0 Å². The number of nitrogens with zero attached hydrogens (tertiary/aromatic N) is 1. The van der Waals surface area contributed by atoms with Crippen LogP contribution in [0.4, 0.5) is 4.39 Å². The molecule has 0 atom stereocenters. The number of hydrogen-bond acceptors (Lipinski definition) is 2. The first-order valence-electron chi connectivity index (χ1n) is 4.62. The summed E-state index contributed by atoms with van der Waals surface area (Å²) < 4.78 is 13.0. The highest BCUT2D eigenvalue weighted by Gasteiger charge is 2.42. The standard InChI is InChI=1S/C11H11FN2/c12-10-2-1-9(5-8(10)6-13)11(7-14)3-4-11/h1-2,5H,3-4,7,14H2. The minimum absolute atomic E-state index is 0.0271. The minimum atomic E-state index is -0.455.